The van der Waals surface area contributed by atoms with E-state index in [1.807, 2.05) is 22.8 Å². The van der Waals surface area contributed by atoms with Gasteiger partial charge in [-0.2, -0.15) is 5.10 Å². The van der Waals surface area contributed by atoms with Crippen LogP contribution in [0.4, 0.5) is 0 Å². The number of hydrogen-bond acceptors (Lipinski definition) is 4. The fraction of sp³-hybridized carbons (Fsp3) is 0.438. The van der Waals surface area contributed by atoms with Crippen molar-refractivity contribution in [3.05, 3.63) is 46.0 Å². The second kappa shape index (κ2) is 5.90. The van der Waals surface area contributed by atoms with E-state index in [0.29, 0.717) is 24.0 Å². The molecule has 0 unspecified atom stereocenters. The number of nitrogens with zero attached hydrogens (tertiary/aromatic N) is 2. The minimum absolute atomic E-state index is 0.131. The van der Waals surface area contributed by atoms with E-state index in [2.05, 4.69) is 21.6 Å². The number of fused-ring (bicyclic) bond motifs is 1. The Bertz CT molecular complexity index is 793. The first-order valence-corrected chi connectivity index (χ1v) is 8.28. The Kier molecular flexibility index (Phi) is 3.74. The second-order valence-electron chi connectivity index (χ2n) is 5.96. The average molecular weight is 330 g/mol. The van der Waals surface area contributed by atoms with Gasteiger partial charge in [0.2, 0.25) is 0 Å². The minimum Gasteiger partial charge on any atom is -0.363 e. The number of aromatic amines is 1. The molecule has 0 spiro atoms. The summed E-state index contributed by atoms with van der Waals surface area (Å²) in [5.41, 5.74) is 2.14. The Morgan fingerprint density at radius 2 is 2.26 bits per heavy atom. The van der Waals surface area contributed by atoms with Crippen molar-refractivity contribution in [1.29, 1.82) is 0 Å². The van der Waals surface area contributed by atoms with Gasteiger partial charge >= 0.3 is 0 Å². The SMILES string of the molecule is O=C(NCc1n[nH]c(=S)n1C1CC1)[C@H]1OCCc2ccccc21. The average Bonchev–Trinajstić information content (AvgIpc) is 3.35. The molecule has 6 nitrogen and oxygen atoms in total. The van der Waals surface area contributed by atoms with Gasteiger partial charge in [-0.25, -0.2) is 0 Å². The first-order chi connectivity index (χ1) is 11.2. The molecule has 0 radical (unpaired) electrons. The van der Waals surface area contributed by atoms with E-state index in [4.69, 9.17) is 17.0 Å². The molecule has 0 bridgehead atoms. The summed E-state index contributed by atoms with van der Waals surface area (Å²) in [6, 6.07) is 8.37. The van der Waals surface area contributed by atoms with Crippen molar-refractivity contribution < 1.29 is 9.53 Å². The van der Waals surface area contributed by atoms with E-state index in [1.165, 1.54) is 5.56 Å². The van der Waals surface area contributed by atoms with Gasteiger partial charge in [0, 0.05) is 6.04 Å². The molecular formula is C16H18N4O2S. The smallest absolute Gasteiger partial charge is 0.254 e. The molecule has 2 heterocycles. The van der Waals surface area contributed by atoms with Crippen LogP contribution in [0.1, 0.15) is 41.9 Å². The van der Waals surface area contributed by atoms with Crippen LogP contribution < -0.4 is 5.32 Å². The Balaban J connectivity index is 1.48. The van der Waals surface area contributed by atoms with Gasteiger partial charge in [-0.3, -0.25) is 14.5 Å². The third-order valence-corrected chi connectivity index (χ3v) is 4.63. The normalized spacial score (nSPS) is 20.1. The molecule has 1 aromatic carbocycles. The lowest BCUT2D eigenvalue weighted by Gasteiger charge is -2.25. The maximum absolute atomic E-state index is 12.5. The molecule has 1 fully saturated rings. The number of amides is 1. The highest BCUT2D eigenvalue weighted by atomic mass is 32.1. The number of rotatable bonds is 4. The fourth-order valence-electron chi connectivity index (χ4n) is 3.04. The third-order valence-electron chi connectivity index (χ3n) is 4.34. The maximum atomic E-state index is 12.5. The van der Waals surface area contributed by atoms with Crippen molar-refractivity contribution >= 4 is 18.1 Å². The summed E-state index contributed by atoms with van der Waals surface area (Å²) in [4.78, 5) is 12.5. The zero-order chi connectivity index (χ0) is 15.8. The number of nitrogens with one attached hydrogen (secondary N) is 2. The summed E-state index contributed by atoms with van der Waals surface area (Å²) in [5.74, 6) is 0.642. The van der Waals surface area contributed by atoms with Crippen LogP contribution in [0.5, 0.6) is 0 Å². The summed E-state index contributed by atoms with van der Waals surface area (Å²) >= 11 is 5.25. The molecule has 1 aliphatic carbocycles. The molecule has 120 valence electrons. The predicted octanol–water partition coefficient (Wildman–Crippen LogP) is 2.21. The van der Waals surface area contributed by atoms with E-state index in [9.17, 15) is 4.79 Å². The maximum Gasteiger partial charge on any atom is 0.254 e. The molecule has 1 atom stereocenters. The number of aromatic nitrogens is 3. The van der Waals surface area contributed by atoms with Crippen LogP contribution in [0.2, 0.25) is 0 Å². The lowest BCUT2D eigenvalue weighted by atomic mass is 9.97. The van der Waals surface area contributed by atoms with E-state index < -0.39 is 6.10 Å². The van der Waals surface area contributed by atoms with Crippen LogP contribution in [0.3, 0.4) is 0 Å². The largest absolute Gasteiger partial charge is 0.363 e. The van der Waals surface area contributed by atoms with Gasteiger partial charge in [0.1, 0.15) is 0 Å². The number of ether oxygens (including phenoxy) is 1. The van der Waals surface area contributed by atoms with E-state index in [1.54, 1.807) is 0 Å². The van der Waals surface area contributed by atoms with Gasteiger partial charge in [0.05, 0.1) is 13.2 Å². The summed E-state index contributed by atoms with van der Waals surface area (Å²) in [6.07, 6.45) is 2.54. The second-order valence-corrected chi connectivity index (χ2v) is 6.35. The van der Waals surface area contributed by atoms with Gasteiger partial charge in [0.15, 0.2) is 16.7 Å². The summed E-state index contributed by atoms with van der Waals surface area (Å²) < 4.78 is 8.31. The van der Waals surface area contributed by atoms with Crippen LogP contribution in [0, 0.1) is 4.77 Å². The standard InChI is InChI=1S/C16H18N4O2S/c21-15(14-12-4-2-1-3-10(12)7-8-22-14)17-9-13-18-19-16(23)20(13)11-5-6-11/h1-4,11,14H,5-9H2,(H,17,21)(H,19,23)/t14-/m0/s1. The Morgan fingerprint density at radius 3 is 3.09 bits per heavy atom. The lowest BCUT2D eigenvalue weighted by Crippen LogP contribution is -2.34. The molecule has 23 heavy (non-hydrogen) atoms. The van der Waals surface area contributed by atoms with Crippen LogP contribution in [-0.4, -0.2) is 27.3 Å². The Morgan fingerprint density at radius 1 is 1.43 bits per heavy atom. The van der Waals surface area contributed by atoms with Crippen molar-refractivity contribution in [2.24, 2.45) is 0 Å². The van der Waals surface area contributed by atoms with E-state index >= 15 is 0 Å². The number of benzene rings is 1. The molecule has 4 rings (SSSR count). The minimum atomic E-state index is -0.545. The first kappa shape index (κ1) is 14.6. The van der Waals surface area contributed by atoms with Gasteiger partial charge < -0.3 is 10.1 Å². The van der Waals surface area contributed by atoms with Crippen LogP contribution in [0.25, 0.3) is 0 Å². The quantitative estimate of drug-likeness (QED) is 0.843. The van der Waals surface area contributed by atoms with Crippen molar-refractivity contribution in [2.75, 3.05) is 6.61 Å². The number of H-pyrrole nitrogens is 1. The molecular weight excluding hydrogens is 312 g/mol. The van der Waals surface area contributed by atoms with Crippen molar-refractivity contribution in [3.8, 4) is 0 Å². The summed E-state index contributed by atoms with van der Waals surface area (Å²) in [6.45, 7) is 0.917. The highest BCUT2D eigenvalue weighted by Crippen LogP contribution is 2.35. The molecule has 1 aromatic heterocycles. The van der Waals surface area contributed by atoms with Gasteiger partial charge in [0.25, 0.3) is 5.91 Å². The van der Waals surface area contributed by atoms with Crippen molar-refractivity contribution in [2.45, 2.75) is 38.0 Å². The molecule has 1 amide bonds. The van der Waals surface area contributed by atoms with E-state index in [-0.39, 0.29) is 5.91 Å². The van der Waals surface area contributed by atoms with Crippen molar-refractivity contribution in [3.63, 3.8) is 0 Å². The molecule has 7 heteroatoms. The highest BCUT2D eigenvalue weighted by molar-refractivity contribution is 7.71. The fourth-order valence-corrected chi connectivity index (χ4v) is 3.34. The monoisotopic (exact) mass is 330 g/mol. The highest BCUT2D eigenvalue weighted by Gasteiger charge is 2.29. The number of carbonyl (C=O) groups is 1. The molecule has 2 aromatic rings. The topological polar surface area (TPSA) is 71.9 Å². The van der Waals surface area contributed by atoms with Crippen molar-refractivity contribution in [1.82, 2.24) is 20.1 Å². The zero-order valence-corrected chi connectivity index (χ0v) is 13.4. The third kappa shape index (κ3) is 2.82. The van der Waals surface area contributed by atoms with Crippen LogP contribution in [-0.2, 0) is 22.5 Å². The molecule has 2 N–H and O–H groups in total. The number of carbonyl (C=O) groups excluding carboxylic acids is 1. The van der Waals surface area contributed by atoms with E-state index in [0.717, 1.165) is 30.7 Å². The summed E-state index contributed by atoms with van der Waals surface area (Å²) in [7, 11) is 0. The lowest BCUT2D eigenvalue weighted by molar-refractivity contribution is -0.134. The first-order valence-electron chi connectivity index (χ1n) is 7.87. The number of hydrogen-bond donors (Lipinski definition) is 2. The summed E-state index contributed by atoms with van der Waals surface area (Å²) in [5, 5.41) is 9.97. The predicted molar refractivity (Wildman–Crippen MR) is 86.4 cm³/mol. The van der Waals surface area contributed by atoms with Crippen LogP contribution in [0.15, 0.2) is 24.3 Å². The Hall–Kier alpha value is -1.99. The van der Waals surface area contributed by atoms with Gasteiger partial charge in [-0.15, -0.1) is 0 Å². The zero-order valence-electron chi connectivity index (χ0n) is 12.6. The molecule has 2 aliphatic rings. The van der Waals surface area contributed by atoms with Gasteiger partial charge in [-0.05, 0) is 42.6 Å². The molecule has 1 saturated carbocycles. The molecule has 1 aliphatic heterocycles. The molecule has 0 saturated heterocycles. The van der Waals surface area contributed by atoms with Crippen LogP contribution >= 0.6 is 12.2 Å². The Labute approximate surface area is 138 Å². The van der Waals surface area contributed by atoms with Gasteiger partial charge in [-0.1, -0.05) is 24.3 Å².